The summed E-state index contributed by atoms with van der Waals surface area (Å²) in [5.41, 5.74) is 4.64. The summed E-state index contributed by atoms with van der Waals surface area (Å²) in [6.07, 6.45) is 23.1. The van der Waals surface area contributed by atoms with Gasteiger partial charge in [-0.15, -0.1) is 0 Å². The normalized spacial score (nSPS) is 37.1. The van der Waals surface area contributed by atoms with Crippen molar-refractivity contribution in [3.63, 3.8) is 0 Å². The van der Waals surface area contributed by atoms with Crippen molar-refractivity contribution in [2.45, 2.75) is 83.4 Å². The lowest BCUT2D eigenvalue weighted by atomic mass is 9.43. The Morgan fingerprint density at radius 2 is 1.81 bits per heavy atom. The van der Waals surface area contributed by atoms with E-state index in [-0.39, 0.29) is 58.8 Å². The van der Waals surface area contributed by atoms with Crippen LogP contribution in [0.3, 0.4) is 0 Å². The number of fused-ring (bicyclic) bond motifs is 6. The number of nitrogens with zero attached hydrogens (tertiary/aromatic N) is 1. The van der Waals surface area contributed by atoms with E-state index in [0.717, 1.165) is 90.1 Å². The Balaban J connectivity index is 1.19. The molecule has 5 aliphatic carbocycles. The van der Waals surface area contributed by atoms with Crippen LogP contribution in [0.2, 0.25) is 0 Å². The van der Waals surface area contributed by atoms with Crippen LogP contribution in [0.25, 0.3) is 0 Å². The molecule has 7 atom stereocenters. The van der Waals surface area contributed by atoms with Gasteiger partial charge in [0.25, 0.3) is 11.8 Å². The predicted octanol–water partition coefficient (Wildman–Crippen LogP) is 7.06. The molecular weight excluding hydrogens is 719 g/mol. The molecule has 11 heteroatoms. The first-order valence-corrected chi connectivity index (χ1v) is 22.4. The molecule has 54 heavy (non-hydrogen) atoms. The van der Waals surface area contributed by atoms with Crippen LogP contribution in [0.1, 0.15) is 78.1 Å². The Morgan fingerprint density at radius 3 is 2.61 bits per heavy atom. The number of ether oxygens (including phenoxy) is 2. The number of amides is 2. The van der Waals surface area contributed by atoms with Crippen LogP contribution in [-0.2, 0) is 28.7 Å². The quantitative estimate of drug-likeness (QED) is 0.175. The fourth-order valence-corrected chi connectivity index (χ4v) is 14.4. The lowest BCUT2D eigenvalue weighted by Crippen LogP contribution is -2.54. The highest BCUT2D eigenvalue weighted by Gasteiger charge is 2.69. The van der Waals surface area contributed by atoms with Gasteiger partial charge in [-0.1, -0.05) is 66.5 Å². The van der Waals surface area contributed by atoms with Crippen molar-refractivity contribution in [3.05, 3.63) is 93.3 Å². The average molecular weight is 766 g/mol. The van der Waals surface area contributed by atoms with Crippen LogP contribution in [0.5, 0.6) is 0 Å². The molecule has 282 valence electrons. The number of carbonyl (C=O) groups is 4. The van der Waals surface area contributed by atoms with Crippen LogP contribution in [0.15, 0.2) is 93.3 Å². The average Bonchev–Trinajstić information content (AvgIpc) is 3.94. The standard InChI is InChI=1S/C43H47N3O6S2/c1-3-42(16-4-5-17-42)20-30-28-8-7-26-25-14-18-43(37(26)36(28)40(49)51-30)31-10-6-23(2)22-53-54-32-11-9-27-24(15-19-44-39(27)45-32)29(35(25)38(43)41(50)52-31)21-46-33(47)12-13-34(46)48/h9-13,15,20,23,25-26,29,32,37,44-45H,3-8,14,16-19,21-22H2,1-2H3. The van der Waals surface area contributed by atoms with E-state index in [2.05, 4.69) is 54.9 Å². The van der Waals surface area contributed by atoms with E-state index in [1.165, 1.54) is 29.9 Å². The van der Waals surface area contributed by atoms with Crippen molar-refractivity contribution in [1.29, 1.82) is 0 Å². The van der Waals surface area contributed by atoms with Gasteiger partial charge in [0.05, 0.1) is 11.0 Å². The molecule has 7 heterocycles. The van der Waals surface area contributed by atoms with Gasteiger partial charge in [-0.05, 0) is 97.8 Å². The highest BCUT2D eigenvalue weighted by molar-refractivity contribution is 8.77. The maximum absolute atomic E-state index is 14.7. The van der Waals surface area contributed by atoms with Crippen LogP contribution in [0.4, 0.5) is 0 Å². The molecular formula is C43H47N3O6S2. The monoisotopic (exact) mass is 765 g/mol. The van der Waals surface area contributed by atoms with E-state index >= 15 is 0 Å². The second kappa shape index (κ2) is 12.9. The van der Waals surface area contributed by atoms with Crippen LogP contribution < -0.4 is 10.6 Å². The second-order valence-corrected chi connectivity index (χ2v) is 19.5. The number of hydrogen-bond acceptors (Lipinski definition) is 10. The zero-order valence-corrected chi connectivity index (χ0v) is 32.5. The van der Waals surface area contributed by atoms with Crippen molar-refractivity contribution in [2.24, 2.45) is 40.4 Å². The molecule has 9 bridgehead atoms. The first kappa shape index (κ1) is 34.8. The lowest BCUT2D eigenvalue weighted by Gasteiger charge is -2.57. The Labute approximate surface area is 324 Å². The maximum atomic E-state index is 14.7. The summed E-state index contributed by atoms with van der Waals surface area (Å²) in [7, 11) is 3.63. The first-order chi connectivity index (χ1) is 26.2. The topological polar surface area (TPSA) is 114 Å². The summed E-state index contributed by atoms with van der Waals surface area (Å²) >= 11 is 0. The summed E-state index contributed by atoms with van der Waals surface area (Å²) in [5.74, 6) is 1.68. The number of imide groups is 1. The summed E-state index contributed by atoms with van der Waals surface area (Å²) in [5, 5.41) is 7.32. The third-order valence-electron chi connectivity index (χ3n) is 14.3. The Morgan fingerprint density at radius 1 is 1.00 bits per heavy atom. The van der Waals surface area contributed by atoms with Gasteiger partial charge in [-0.3, -0.25) is 14.5 Å². The molecule has 0 radical (unpaired) electrons. The van der Waals surface area contributed by atoms with Crippen molar-refractivity contribution in [3.8, 4) is 0 Å². The number of esters is 2. The number of nitrogens with one attached hydrogen (secondary N) is 2. The molecule has 0 aromatic heterocycles. The molecule has 12 aliphatic rings. The van der Waals surface area contributed by atoms with Crippen LogP contribution >= 0.6 is 21.6 Å². The summed E-state index contributed by atoms with van der Waals surface area (Å²) in [4.78, 5) is 57.0. The van der Waals surface area contributed by atoms with Crippen molar-refractivity contribution >= 4 is 45.3 Å². The molecule has 3 fully saturated rings. The minimum Gasteiger partial charge on any atom is -0.427 e. The van der Waals surface area contributed by atoms with Crippen molar-refractivity contribution < 1.29 is 28.7 Å². The molecule has 12 rings (SSSR count). The summed E-state index contributed by atoms with van der Waals surface area (Å²) in [6, 6.07) is 0. The molecule has 2 amide bonds. The van der Waals surface area contributed by atoms with Gasteiger partial charge in [0, 0.05) is 59.5 Å². The number of cyclic esters (lactones) is 1. The number of dihydropyridines is 2. The Hall–Kier alpha value is -3.70. The minimum absolute atomic E-state index is 0.0332. The molecule has 0 aromatic carbocycles. The largest absolute Gasteiger partial charge is 0.427 e. The smallest absolute Gasteiger partial charge is 0.340 e. The molecule has 1 spiro atoms. The van der Waals surface area contributed by atoms with Gasteiger partial charge in [0.15, 0.2) is 0 Å². The van der Waals surface area contributed by atoms with Crippen LogP contribution in [0, 0.1) is 40.4 Å². The van der Waals surface area contributed by atoms with E-state index in [9.17, 15) is 19.2 Å². The zero-order valence-electron chi connectivity index (χ0n) is 30.9. The van der Waals surface area contributed by atoms with E-state index in [0.29, 0.717) is 30.2 Å². The lowest BCUT2D eigenvalue weighted by molar-refractivity contribution is -0.138. The highest BCUT2D eigenvalue weighted by Crippen LogP contribution is 2.72. The Kier molecular flexibility index (Phi) is 8.33. The third kappa shape index (κ3) is 5.12. The number of hydrogen-bond donors (Lipinski definition) is 2. The van der Waals surface area contributed by atoms with Gasteiger partial charge in [-0.25, -0.2) is 9.59 Å². The fraction of sp³-hybridized carbons (Fsp3) is 0.535. The number of allylic oxidation sites excluding steroid dienone is 6. The maximum Gasteiger partial charge on any atom is 0.340 e. The van der Waals surface area contributed by atoms with Gasteiger partial charge < -0.3 is 20.1 Å². The van der Waals surface area contributed by atoms with Gasteiger partial charge >= 0.3 is 11.9 Å². The minimum atomic E-state index is -0.832. The van der Waals surface area contributed by atoms with Gasteiger partial charge in [-0.2, -0.15) is 0 Å². The molecule has 2 saturated carbocycles. The molecule has 1 saturated heterocycles. The fourth-order valence-electron chi connectivity index (χ4n) is 11.8. The molecule has 7 unspecified atom stereocenters. The first-order valence-electron chi connectivity index (χ1n) is 20.0. The number of carbonyl (C=O) groups excluding carboxylic acids is 4. The molecule has 2 N–H and O–H groups in total. The second-order valence-electron chi connectivity index (χ2n) is 16.9. The zero-order chi connectivity index (χ0) is 36.9. The molecule has 0 aromatic rings. The van der Waals surface area contributed by atoms with Crippen LogP contribution in [-0.4, -0.2) is 52.9 Å². The molecule has 7 aliphatic heterocycles. The van der Waals surface area contributed by atoms with E-state index < -0.39 is 11.3 Å². The SMILES string of the molecule is CCC1(C=C2OC(=O)C3=C2CCC2C4CCC5(C6=CCC(C)CSSC7C=CC8=C(NCC=C8C(CN8C(=O)C=CC8=O)C4=C5C(=O)O6)N7)C32)CCCC1. The molecule has 9 nitrogen and oxygen atoms in total. The van der Waals surface area contributed by atoms with E-state index in [4.69, 9.17) is 9.47 Å². The van der Waals surface area contributed by atoms with Gasteiger partial charge in [0.1, 0.15) is 22.7 Å². The third-order valence-corrected chi connectivity index (χ3v) is 17.0. The van der Waals surface area contributed by atoms with Crippen molar-refractivity contribution in [1.82, 2.24) is 15.5 Å². The van der Waals surface area contributed by atoms with E-state index in [1.54, 1.807) is 10.8 Å². The Bertz CT molecular complexity index is 2010. The van der Waals surface area contributed by atoms with E-state index in [1.807, 2.05) is 10.8 Å². The summed E-state index contributed by atoms with van der Waals surface area (Å²) < 4.78 is 12.8. The van der Waals surface area contributed by atoms with Gasteiger partial charge in [0.2, 0.25) is 0 Å². The number of rotatable bonds is 4. The highest BCUT2D eigenvalue weighted by atomic mass is 33.1. The summed E-state index contributed by atoms with van der Waals surface area (Å²) in [6.45, 7) is 5.18. The van der Waals surface area contributed by atoms with Crippen molar-refractivity contribution in [2.75, 3.05) is 18.8 Å². The predicted molar refractivity (Wildman–Crippen MR) is 207 cm³/mol.